The molecule has 2 aliphatic rings. The van der Waals surface area contributed by atoms with Crippen LogP contribution in [0.5, 0.6) is 0 Å². The number of aromatic nitrogens is 2. The molecule has 0 bridgehead atoms. The summed E-state index contributed by atoms with van der Waals surface area (Å²) in [7, 11) is -12.9. The molecule has 1 aromatic heterocycles. The van der Waals surface area contributed by atoms with E-state index in [2.05, 4.69) is 85.0 Å². The fraction of sp³-hybridized carbons (Fsp3) is 0.425. The van der Waals surface area contributed by atoms with E-state index < -0.39 is 41.7 Å². The quantitative estimate of drug-likeness (QED) is 0.0221. The molecule has 308 valence electrons. The van der Waals surface area contributed by atoms with Gasteiger partial charge in [0.15, 0.2) is 21.8 Å². The van der Waals surface area contributed by atoms with Gasteiger partial charge in [-0.25, -0.2) is 27.7 Å². The van der Waals surface area contributed by atoms with Crippen LogP contribution in [0.4, 0.5) is 5.69 Å². The van der Waals surface area contributed by atoms with Crippen LogP contribution in [-0.4, -0.2) is 79.5 Å². The van der Waals surface area contributed by atoms with E-state index in [0.717, 1.165) is 61.1 Å². The van der Waals surface area contributed by atoms with Crippen LogP contribution in [0.2, 0.25) is 32.2 Å². The Morgan fingerprint density at radius 1 is 0.860 bits per heavy atom. The molecule has 0 fully saturated rings. The molecule has 2 heterocycles. The zero-order valence-corrected chi connectivity index (χ0v) is 38.9. The first-order valence-corrected chi connectivity index (χ1v) is 29.6. The minimum Gasteiger partial charge on any atom is -0.456 e. The minimum absolute atomic E-state index is 0.129. The first kappa shape index (κ1) is 44.7. The molecule has 0 unspecified atom stereocenters. The Bertz CT molecular complexity index is 2470. The Morgan fingerprint density at radius 3 is 2.14 bits per heavy atom. The van der Waals surface area contributed by atoms with Crippen molar-refractivity contribution in [2.75, 3.05) is 36.5 Å². The average molecular weight is 871 g/mol. The maximum absolute atomic E-state index is 13.7. The van der Waals surface area contributed by atoms with E-state index in [1.54, 1.807) is 12.4 Å². The SMILES string of the molecule is CCC[Si](C)(C)O[Si](C)(C)CSc1ncc(CNS(=O)(=O)c2ccc(-c3c4ccc(=[N+](CC)CC)cc-4oc4cc(N(CC)CC)ccc34)c(S(=O)(=O)O)c2)cn1. The van der Waals surface area contributed by atoms with Gasteiger partial charge in [-0.3, -0.25) is 4.55 Å². The summed E-state index contributed by atoms with van der Waals surface area (Å²) < 4.78 is 82.1. The maximum Gasteiger partial charge on any atom is 0.295 e. The summed E-state index contributed by atoms with van der Waals surface area (Å²) >= 11 is 1.53. The summed E-state index contributed by atoms with van der Waals surface area (Å²) in [6.45, 7) is 22.3. The summed E-state index contributed by atoms with van der Waals surface area (Å²) in [6, 6.07) is 16.4. The number of sulfonamides is 1. The molecule has 2 aromatic carbocycles. The average Bonchev–Trinajstić information content (AvgIpc) is 3.15. The zero-order valence-electron chi connectivity index (χ0n) is 34.4. The highest BCUT2D eigenvalue weighted by molar-refractivity contribution is 8.00. The van der Waals surface area contributed by atoms with Crippen molar-refractivity contribution in [2.24, 2.45) is 0 Å². The molecular weight excluding hydrogens is 815 g/mol. The Labute approximate surface area is 344 Å². The Balaban J connectivity index is 1.49. The lowest BCUT2D eigenvalue weighted by atomic mass is 9.93. The number of thioether (sulfide) groups is 1. The number of fused-ring (bicyclic) bond motifs is 2. The van der Waals surface area contributed by atoms with E-state index in [0.29, 0.717) is 38.6 Å². The molecule has 12 nitrogen and oxygen atoms in total. The lowest BCUT2D eigenvalue weighted by Gasteiger charge is -2.33. The number of benzene rings is 3. The van der Waals surface area contributed by atoms with Gasteiger partial charge >= 0.3 is 0 Å². The van der Waals surface area contributed by atoms with Crippen molar-refractivity contribution in [1.29, 1.82) is 0 Å². The maximum atomic E-state index is 13.7. The van der Waals surface area contributed by atoms with Crippen LogP contribution in [0, 0.1) is 0 Å². The molecule has 1 aliphatic carbocycles. The van der Waals surface area contributed by atoms with Crippen LogP contribution >= 0.6 is 11.8 Å². The summed E-state index contributed by atoms with van der Waals surface area (Å²) in [5, 5.41) is 2.92. The number of nitrogens with zero attached hydrogens (tertiary/aromatic N) is 4. The van der Waals surface area contributed by atoms with Crippen molar-refractivity contribution in [1.82, 2.24) is 19.3 Å². The lowest BCUT2D eigenvalue weighted by Crippen LogP contribution is -2.46. The van der Waals surface area contributed by atoms with Gasteiger partial charge in [-0.1, -0.05) is 31.2 Å². The van der Waals surface area contributed by atoms with E-state index in [1.807, 2.05) is 36.4 Å². The second-order valence-electron chi connectivity index (χ2n) is 15.2. The van der Waals surface area contributed by atoms with Gasteiger partial charge in [-0.05, 0) is 90.3 Å². The van der Waals surface area contributed by atoms with Gasteiger partial charge in [-0.2, -0.15) is 8.42 Å². The first-order chi connectivity index (χ1) is 26.8. The highest BCUT2D eigenvalue weighted by Gasteiger charge is 2.33. The predicted octanol–water partition coefficient (Wildman–Crippen LogP) is 7.85. The fourth-order valence-electron chi connectivity index (χ4n) is 7.26. The minimum atomic E-state index is -4.93. The van der Waals surface area contributed by atoms with E-state index in [1.165, 1.54) is 23.9 Å². The van der Waals surface area contributed by atoms with Crippen molar-refractivity contribution in [3.05, 3.63) is 77.9 Å². The molecule has 0 radical (unpaired) electrons. The fourth-order valence-corrected chi connectivity index (χ4v) is 19.6. The van der Waals surface area contributed by atoms with E-state index in [9.17, 15) is 21.4 Å². The third-order valence-electron chi connectivity index (χ3n) is 9.86. The Morgan fingerprint density at radius 2 is 1.53 bits per heavy atom. The van der Waals surface area contributed by atoms with Crippen LogP contribution < -0.4 is 19.6 Å². The van der Waals surface area contributed by atoms with Crippen LogP contribution in [0.15, 0.2) is 86.4 Å². The first-order valence-electron chi connectivity index (χ1n) is 19.4. The molecule has 2 N–H and O–H groups in total. The van der Waals surface area contributed by atoms with E-state index >= 15 is 0 Å². The molecule has 0 amide bonds. The normalized spacial score (nSPS) is 12.7. The second-order valence-corrected chi connectivity index (χ2v) is 28.5. The third kappa shape index (κ3) is 10.8. The van der Waals surface area contributed by atoms with E-state index in [4.69, 9.17) is 8.53 Å². The Hall–Kier alpha value is -3.43. The molecule has 0 spiro atoms. The summed E-state index contributed by atoms with van der Waals surface area (Å²) in [6.07, 6.45) is 4.25. The molecule has 17 heteroatoms. The van der Waals surface area contributed by atoms with Gasteiger partial charge in [0, 0.05) is 82.9 Å². The molecule has 3 aromatic rings. The van der Waals surface area contributed by atoms with Crippen molar-refractivity contribution in [3.8, 4) is 22.5 Å². The topological polar surface area (TPSA) is 155 Å². The van der Waals surface area contributed by atoms with Gasteiger partial charge in [0.25, 0.3) is 10.1 Å². The van der Waals surface area contributed by atoms with Crippen molar-refractivity contribution in [2.45, 2.75) is 94.8 Å². The molecular formula is C40H56N5O7S3Si2+. The molecule has 57 heavy (non-hydrogen) atoms. The third-order valence-corrected chi connectivity index (χ3v) is 22.1. The standard InChI is InChI=1S/C40H55N5O7S3Si2/c1-10-21-56(6,7)52-57(8,9)28-53-40-41-25-29(26-42-40)27-43-54(46,47)32-17-20-35(38(24-32)55(48,49)50)39-33-18-15-30(44(11-2)12-3)22-36(33)51-37-23-31(16-19-34(37)39)45(13-4)14-5/h15-20,22-26,43H,10-14,21,27-28H2,1-9H3/p+1. The van der Waals surface area contributed by atoms with Crippen LogP contribution in [0.3, 0.4) is 0 Å². The summed E-state index contributed by atoms with van der Waals surface area (Å²) in [5.74, 6) is 0.515. The lowest BCUT2D eigenvalue weighted by molar-refractivity contribution is 0.483. The number of hydrogen-bond donors (Lipinski definition) is 2. The highest BCUT2D eigenvalue weighted by Crippen LogP contribution is 2.43. The summed E-state index contributed by atoms with van der Waals surface area (Å²) in [5.41, 5.74) is 3.22. The zero-order chi connectivity index (χ0) is 41.8. The number of hydrogen-bond acceptors (Lipinski definition) is 10. The molecule has 1 aliphatic heterocycles. The second kappa shape index (κ2) is 18.2. The van der Waals surface area contributed by atoms with Gasteiger partial charge < -0.3 is 13.4 Å². The number of nitrogens with one attached hydrogen (secondary N) is 1. The smallest absolute Gasteiger partial charge is 0.295 e. The van der Waals surface area contributed by atoms with Crippen LogP contribution in [-0.2, 0) is 30.8 Å². The largest absolute Gasteiger partial charge is 0.456 e. The highest BCUT2D eigenvalue weighted by atomic mass is 32.2. The van der Waals surface area contributed by atoms with E-state index in [-0.39, 0.29) is 17.0 Å². The summed E-state index contributed by atoms with van der Waals surface area (Å²) in [4.78, 5) is 10.2. The predicted molar refractivity (Wildman–Crippen MR) is 236 cm³/mol. The van der Waals surface area contributed by atoms with Gasteiger partial charge in [0.2, 0.25) is 15.4 Å². The number of anilines is 1. The van der Waals surface area contributed by atoms with Gasteiger partial charge in [-0.15, -0.1) is 0 Å². The molecule has 0 atom stereocenters. The van der Waals surface area contributed by atoms with Crippen LogP contribution in [0.1, 0.15) is 46.6 Å². The van der Waals surface area contributed by atoms with Gasteiger partial charge in [0.1, 0.15) is 29.3 Å². The monoisotopic (exact) mass is 870 g/mol. The van der Waals surface area contributed by atoms with Crippen molar-refractivity contribution >= 4 is 65.2 Å². The van der Waals surface area contributed by atoms with Crippen molar-refractivity contribution < 1.29 is 29.9 Å². The molecule has 0 saturated heterocycles. The van der Waals surface area contributed by atoms with Gasteiger partial charge in [0.05, 0.1) is 11.0 Å². The Kier molecular flexibility index (Phi) is 14.3. The van der Waals surface area contributed by atoms with Crippen LogP contribution in [0.25, 0.3) is 33.4 Å². The number of rotatable bonds is 18. The molecule has 0 saturated carbocycles. The molecule has 5 rings (SSSR count). The van der Waals surface area contributed by atoms with Crippen molar-refractivity contribution in [3.63, 3.8) is 0 Å².